The van der Waals surface area contributed by atoms with Gasteiger partial charge >= 0.3 is 0 Å². The van der Waals surface area contributed by atoms with Crippen LogP contribution in [0.5, 0.6) is 11.5 Å². The van der Waals surface area contributed by atoms with Crippen molar-refractivity contribution in [2.45, 2.75) is 32.6 Å². The first-order chi connectivity index (χ1) is 11.6. The zero-order valence-corrected chi connectivity index (χ0v) is 14.6. The van der Waals surface area contributed by atoms with Gasteiger partial charge in [-0.2, -0.15) is 0 Å². The molecule has 0 saturated heterocycles. The first-order valence-corrected chi connectivity index (χ1v) is 8.41. The van der Waals surface area contributed by atoms with Gasteiger partial charge in [-0.05, 0) is 25.0 Å². The molecule has 0 aliphatic heterocycles. The first-order valence-electron chi connectivity index (χ1n) is 8.41. The lowest BCUT2D eigenvalue weighted by Crippen LogP contribution is -2.28. The molecule has 1 saturated carbocycles. The van der Waals surface area contributed by atoms with E-state index < -0.39 is 0 Å². The Morgan fingerprint density at radius 3 is 2.54 bits per heavy atom. The van der Waals surface area contributed by atoms with Gasteiger partial charge in [-0.25, -0.2) is 0 Å². The summed E-state index contributed by atoms with van der Waals surface area (Å²) in [5.74, 6) is 0.545. The largest absolute Gasteiger partial charge is 0.497 e. The van der Waals surface area contributed by atoms with Gasteiger partial charge in [0.05, 0.1) is 31.7 Å². The maximum atomic E-state index is 12.3. The molecule has 24 heavy (non-hydrogen) atoms. The van der Waals surface area contributed by atoms with E-state index in [1.54, 1.807) is 25.3 Å². The zero-order chi connectivity index (χ0) is 17.5. The van der Waals surface area contributed by atoms with E-state index in [9.17, 15) is 9.59 Å². The Morgan fingerprint density at radius 2 is 1.88 bits per heavy atom. The quantitative estimate of drug-likeness (QED) is 0.681. The number of hydrogen-bond acceptors (Lipinski definition) is 4. The van der Waals surface area contributed by atoms with Gasteiger partial charge in [0.15, 0.2) is 0 Å². The van der Waals surface area contributed by atoms with E-state index >= 15 is 0 Å². The molecule has 2 rings (SSSR count). The highest BCUT2D eigenvalue weighted by atomic mass is 16.5. The van der Waals surface area contributed by atoms with Crippen LogP contribution in [-0.2, 0) is 9.59 Å². The Kier molecular flexibility index (Phi) is 6.46. The van der Waals surface area contributed by atoms with Crippen LogP contribution < -0.4 is 20.1 Å². The molecule has 1 aliphatic rings. The molecule has 2 amide bonds. The highest BCUT2D eigenvalue weighted by molar-refractivity contribution is 6.00. The van der Waals surface area contributed by atoms with Gasteiger partial charge in [-0.15, -0.1) is 0 Å². The number of anilines is 1. The number of unbranched alkanes of at least 4 members (excludes halogenated alkanes) is 2. The fourth-order valence-corrected chi connectivity index (χ4v) is 2.62. The third-order valence-electron chi connectivity index (χ3n) is 4.21. The van der Waals surface area contributed by atoms with Crippen molar-refractivity contribution in [3.63, 3.8) is 0 Å². The second-order valence-corrected chi connectivity index (χ2v) is 6.00. The van der Waals surface area contributed by atoms with Crippen molar-refractivity contribution in [3.05, 3.63) is 18.2 Å². The van der Waals surface area contributed by atoms with Crippen molar-refractivity contribution in [1.29, 1.82) is 0 Å². The smallest absolute Gasteiger partial charge is 0.228 e. The number of hydrogen-bond donors (Lipinski definition) is 2. The van der Waals surface area contributed by atoms with Crippen LogP contribution in [0.2, 0.25) is 0 Å². The predicted octanol–water partition coefficient (Wildman–Crippen LogP) is 2.58. The number of carbonyl (C=O) groups is 2. The van der Waals surface area contributed by atoms with E-state index in [-0.39, 0.29) is 23.7 Å². The van der Waals surface area contributed by atoms with E-state index in [4.69, 9.17) is 9.47 Å². The molecule has 6 heteroatoms. The second-order valence-electron chi connectivity index (χ2n) is 6.00. The van der Waals surface area contributed by atoms with Crippen molar-refractivity contribution in [3.8, 4) is 11.5 Å². The van der Waals surface area contributed by atoms with Crippen molar-refractivity contribution in [2.24, 2.45) is 11.8 Å². The second kappa shape index (κ2) is 8.57. The van der Waals surface area contributed by atoms with Gasteiger partial charge in [0.1, 0.15) is 11.5 Å². The fraction of sp³-hybridized carbons (Fsp3) is 0.556. The van der Waals surface area contributed by atoms with E-state index in [1.807, 2.05) is 0 Å². The molecule has 2 N–H and O–H groups in total. The Bertz CT molecular complexity index is 588. The Balaban J connectivity index is 1.85. The molecule has 1 fully saturated rings. The van der Waals surface area contributed by atoms with E-state index in [1.165, 1.54) is 7.11 Å². The van der Waals surface area contributed by atoms with Crippen molar-refractivity contribution in [2.75, 3.05) is 26.1 Å². The number of nitrogens with one attached hydrogen (secondary N) is 2. The summed E-state index contributed by atoms with van der Waals surface area (Å²) in [6.07, 6.45) is 3.80. The third kappa shape index (κ3) is 4.63. The zero-order valence-electron chi connectivity index (χ0n) is 14.6. The van der Waals surface area contributed by atoms with Gasteiger partial charge < -0.3 is 20.1 Å². The van der Waals surface area contributed by atoms with Gasteiger partial charge in [0.2, 0.25) is 11.8 Å². The lowest BCUT2D eigenvalue weighted by atomic mass is 10.2. The summed E-state index contributed by atoms with van der Waals surface area (Å²) >= 11 is 0. The molecule has 1 aromatic rings. The van der Waals surface area contributed by atoms with Crippen LogP contribution in [0.25, 0.3) is 0 Å². The normalized spacial score (nSPS) is 18.6. The number of ether oxygens (including phenoxy) is 2. The summed E-state index contributed by atoms with van der Waals surface area (Å²) in [5.41, 5.74) is 0.581. The standard InChI is InChI=1S/C18H26N2O4/c1-4-5-6-9-19-17(21)13-11-14(13)18(22)20-15-8-7-12(23-2)10-16(15)24-3/h7-8,10,13-14H,4-6,9,11H2,1-3H3,(H,19,21)(H,20,22). The molecule has 0 aromatic heterocycles. The van der Waals surface area contributed by atoms with Crippen LogP contribution in [0.1, 0.15) is 32.6 Å². The van der Waals surface area contributed by atoms with E-state index in [0.717, 1.165) is 19.3 Å². The number of carbonyl (C=O) groups excluding carboxylic acids is 2. The van der Waals surface area contributed by atoms with E-state index in [0.29, 0.717) is 30.2 Å². The number of methoxy groups -OCH3 is 2. The van der Waals surface area contributed by atoms with Crippen molar-refractivity contribution in [1.82, 2.24) is 5.32 Å². The minimum Gasteiger partial charge on any atom is -0.497 e. The van der Waals surface area contributed by atoms with Crippen LogP contribution in [0.4, 0.5) is 5.69 Å². The third-order valence-corrected chi connectivity index (χ3v) is 4.21. The Morgan fingerprint density at radius 1 is 1.12 bits per heavy atom. The topological polar surface area (TPSA) is 76.7 Å². The number of rotatable bonds is 9. The number of amides is 2. The molecule has 1 aromatic carbocycles. The molecule has 0 bridgehead atoms. The minimum atomic E-state index is -0.261. The lowest BCUT2D eigenvalue weighted by molar-refractivity contribution is -0.125. The predicted molar refractivity (Wildman–Crippen MR) is 92.3 cm³/mol. The minimum absolute atomic E-state index is 0.0204. The highest BCUT2D eigenvalue weighted by Gasteiger charge is 2.48. The van der Waals surface area contributed by atoms with Crippen molar-refractivity contribution < 1.29 is 19.1 Å². The summed E-state index contributed by atoms with van der Waals surface area (Å²) in [7, 11) is 3.11. The van der Waals surface area contributed by atoms with Gasteiger partial charge in [-0.1, -0.05) is 19.8 Å². The SMILES string of the molecule is CCCCCNC(=O)C1CC1C(=O)Nc1ccc(OC)cc1OC. The van der Waals surface area contributed by atoms with Crippen LogP contribution in [-0.4, -0.2) is 32.6 Å². The molecule has 0 heterocycles. The summed E-state index contributed by atoms with van der Waals surface area (Å²) in [4.78, 5) is 24.3. The average molecular weight is 334 g/mol. The van der Waals surface area contributed by atoms with Crippen LogP contribution >= 0.6 is 0 Å². The maximum Gasteiger partial charge on any atom is 0.228 e. The van der Waals surface area contributed by atoms with Crippen LogP contribution in [0, 0.1) is 11.8 Å². The first kappa shape index (κ1) is 18.1. The molecule has 132 valence electrons. The number of benzene rings is 1. The summed E-state index contributed by atoms with van der Waals surface area (Å²) in [5, 5.41) is 5.74. The van der Waals surface area contributed by atoms with Gasteiger partial charge in [0.25, 0.3) is 0 Å². The Labute approximate surface area is 142 Å². The lowest BCUT2D eigenvalue weighted by Gasteiger charge is -2.11. The summed E-state index contributed by atoms with van der Waals surface area (Å²) in [6.45, 7) is 2.81. The Hall–Kier alpha value is -2.24. The summed E-state index contributed by atoms with van der Waals surface area (Å²) < 4.78 is 10.4. The molecule has 6 nitrogen and oxygen atoms in total. The monoisotopic (exact) mass is 334 g/mol. The molecule has 2 atom stereocenters. The van der Waals surface area contributed by atoms with Crippen LogP contribution in [0.3, 0.4) is 0 Å². The highest BCUT2D eigenvalue weighted by Crippen LogP contribution is 2.40. The molecule has 1 aliphatic carbocycles. The van der Waals surface area contributed by atoms with E-state index in [2.05, 4.69) is 17.6 Å². The maximum absolute atomic E-state index is 12.3. The molecular formula is C18H26N2O4. The van der Waals surface area contributed by atoms with Crippen molar-refractivity contribution >= 4 is 17.5 Å². The average Bonchev–Trinajstić information content (AvgIpc) is 3.39. The fourth-order valence-electron chi connectivity index (χ4n) is 2.62. The van der Waals surface area contributed by atoms with Gasteiger partial charge in [-0.3, -0.25) is 9.59 Å². The van der Waals surface area contributed by atoms with Crippen LogP contribution in [0.15, 0.2) is 18.2 Å². The molecule has 2 unspecified atom stereocenters. The summed E-state index contributed by atoms with van der Waals surface area (Å²) in [6, 6.07) is 5.20. The van der Waals surface area contributed by atoms with Gasteiger partial charge in [0, 0.05) is 12.6 Å². The molecular weight excluding hydrogens is 308 g/mol. The molecule has 0 radical (unpaired) electrons. The molecule has 0 spiro atoms.